The summed E-state index contributed by atoms with van der Waals surface area (Å²) in [4.78, 5) is 21.8. The molecule has 1 amide bonds. The molecule has 1 aliphatic heterocycles. The Morgan fingerprint density at radius 3 is 2.55 bits per heavy atom. The summed E-state index contributed by atoms with van der Waals surface area (Å²) in [5.41, 5.74) is 2.79. The van der Waals surface area contributed by atoms with E-state index in [0.29, 0.717) is 19.1 Å². The monoisotopic (exact) mass is 393 g/mol. The third-order valence-electron chi connectivity index (χ3n) is 5.62. The maximum absolute atomic E-state index is 13.1. The maximum Gasteiger partial charge on any atom is 0.298 e. The SMILES string of the molecule is CCN(Cc1ccc(OC)cc1)C(=O)C1CCN(c2nc3ccccc3o2)CC1. The molecule has 3 aromatic rings. The molecule has 0 aliphatic carbocycles. The number of carbonyl (C=O) groups excluding carboxylic acids is 1. The van der Waals surface area contributed by atoms with Gasteiger partial charge in [-0.25, -0.2) is 0 Å². The number of ether oxygens (including phenoxy) is 1. The number of piperidine rings is 1. The standard InChI is InChI=1S/C23H27N3O3/c1-3-25(16-17-8-10-19(28-2)11-9-17)22(27)18-12-14-26(15-13-18)23-24-20-6-4-5-7-21(20)29-23/h4-11,18H,3,12-16H2,1-2H3. The minimum Gasteiger partial charge on any atom is -0.497 e. The number of rotatable bonds is 6. The predicted octanol–water partition coefficient (Wildman–Crippen LogP) is 4.10. The zero-order chi connectivity index (χ0) is 20.2. The van der Waals surface area contributed by atoms with E-state index in [4.69, 9.17) is 9.15 Å². The number of hydrogen-bond donors (Lipinski definition) is 0. The Kier molecular flexibility index (Phi) is 5.69. The lowest BCUT2D eigenvalue weighted by atomic mass is 9.95. The molecule has 29 heavy (non-hydrogen) atoms. The van der Waals surface area contributed by atoms with Crippen LogP contribution in [0.3, 0.4) is 0 Å². The molecule has 0 atom stereocenters. The number of carbonyl (C=O) groups is 1. The van der Waals surface area contributed by atoms with Gasteiger partial charge in [-0.05, 0) is 49.6 Å². The quantitative estimate of drug-likeness (QED) is 0.631. The highest BCUT2D eigenvalue weighted by molar-refractivity contribution is 5.79. The van der Waals surface area contributed by atoms with Crippen molar-refractivity contribution in [2.24, 2.45) is 5.92 Å². The van der Waals surface area contributed by atoms with Gasteiger partial charge in [0.05, 0.1) is 7.11 Å². The predicted molar refractivity (Wildman–Crippen MR) is 113 cm³/mol. The van der Waals surface area contributed by atoms with E-state index in [9.17, 15) is 4.79 Å². The van der Waals surface area contributed by atoms with Crippen molar-refractivity contribution in [3.8, 4) is 5.75 Å². The summed E-state index contributed by atoms with van der Waals surface area (Å²) in [6.07, 6.45) is 1.63. The molecular weight excluding hydrogens is 366 g/mol. The Bertz CT molecular complexity index is 926. The largest absolute Gasteiger partial charge is 0.497 e. The van der Waals surface area contributed by atoms with E-state index in [-0.39, 0.29) is 11.8 Å². The first kappa shape index (κ1) is 19.3. The molecule has 0 bridgehead atoms. The van der Waals surface area contributed by atoms with E-state index in [1.165, 1.54) is 0 Å². The molecule has 2 aromatic carbocycles. The number of para-hydroxylation sites is 2. The van der Waals surface area contributed by atoms with Crippen molar-refractivity contribution in [1.82, 2.24) is 9.88 Å². The van der Waals surface area contributed by atoms with Crippen LogP contribution in [0.15, 0.2) is 52.9 Å². The van der Waals surface area contributed by atoms with Crippen molar-refractivity contribution in [3.05, 3.63) is 54.1 Å². The average Bonchev–Trinajstić information content (AvgIpc) is 3.22. The van der Waals surface area contributed by atoms with Crippen LogP contribution in [-0.4, -0.2) is 42.5 Å². The lowest BCUT2D eigenvalue weighted by Crippen LogP contribution is -2.42. The number of methoxy groups -OCH3 is 1. The third kappa shape index (κ3) is 4.21. The highest BCUT2D eigenvalue weighted by Crippen LogP contribution is 2.27. The van der Waals surface area contributed by atoms with Crippen molar-refractivity contribution in [3.63, 3.8) is 0 Å². The van der Waals surface area contributed by atoms with Gasteiger partial charge in [0.1, 0.15) is 11.3 Å². The van der Waals surface area contributed by atoms with E-state index in [1.807, 2.05) is 60.4 Å². The van der Waals surface area contributed by atoms with Gasteiger partial charge in [0.25, 0.3) is 6.01 Å². The highest BCUT2D eigenvalue weighted by Gasteiger charge is 2.29. The molecule has 152 valence electrons. The van der Waals surface area contributed by atoms with Crippen LogP contribution in [0.4, 0.5) is 6.01 Å². The summed E-state index contributed by atoms with van der Waals surface area (Å²) in [5, 5.41) is 0. The van der Waals surface area contributed by atoms with Gasteiger partial charge in [0.2, 0.25) is 5.91 Å². The topological polar surface area (TPSA) is 58.8 Å². The van der Waals surface area contributed by atoms with Gasteiger partial charge in [0, 0.05) is 32.1 Å². The Morgan fingerprint density at radius 2 is 1.90 bits per heavy atom. The van der Waals surface area contributed by atoms with E-state index >= 15 is 0 Å². The summed E-state index contributed by atoms with van der Waals surface area (Å²) in [6.45, 7) is 4.93. The molecule has 1 fully saturated rings. The molecule has 0 spiro atoms. The molecule has 6 nitrogen and oxygen atoms in total. The first-order chi connectivity index (χ1) is 14.2. The molecule has 2 heterocycles. The number of nitrogens with zero attached hydrogens (tertiary/aromatic N) is 3. The smallest absolute Gasteiger partial charge is 0.298 e. The normalized spacial score (nSPS) is 14.9. The van der Waals surface area contributed by atoms with E-state index in [1.54, 1.807) is 7.11 Å². The number of anilines is 1. The zero-order valence-electron chi connectivity index (χ0n) is 17.0. The molecule has 1 aliphatic rings. The zero-order valence-corrected chi connectivity index (χ0v) is 17.0. The second kappa shape index (κ2) is 8.55. The number of amides is 1. The van der Waals surface area contributed by atoms with Crippen molar-refractivity contribution < 1.29 is 13.9 Å². The fraction of sp³-hybridized carbons (Fsp3) is 0.391. The van der Waals surface area contributed by atoms with E-state index < -0.39 is 0 Å². The first-order valence-corrected chi connectivity index (χ1v) is 10.2. The summed E-state index contributed by atoms with van der Waals surface area (Å²) in [5.74, 6) is 1.11. The van der Waals surface area contributed by atoms with Crippen LogP contribution in [0, 0.1) is 5.92 Å². The Morgan fingerprint density at radius 1 is 1.17 bits per heavy atom. The van der Waals surface area contributed by atoms with Gasteiger partial charge in [-0.1, -0.05) is 24.3 Å². The van der Waals surface area contributed by atoms with E-state index in [2.05, 4.69) is 9.88 Å². The summed E-state index contributed by atoms with van der Waals surface area (Å²) < 4.78 is 11.1. The van der Waals surface area contributed by atoms with Crippen LogP contribution in [-0.2, 0) is 11.3 Å². The Labute approximate surface area is 171 Å². The van der Waals surface area contributed by atoms with Gasteiger partial charge in [-0.3, -0.25) is 4.79 Å². The minimum atomic E-state index is 0.0498. The van der Waals surface area contributed by atoms with Crippen molar-refractivity contribution >= 4 is 23.0 Å². The number of fused-ring (bicyclic) bond motifs is 1. The lowest BCUT2D eigenvalue weighted by Gasteiger charge is -2.33. The van der Waals surface area contributed by atoms with Crippen molar-refractivity contribution in [2.75, 3.05) is 31.6 Å². The lowest BCUT2D eigenvalue weighted by molar-refractivity contribution is -0.136. The Balaban J connectivity index is 1.36. The molecule has 0 radical (unpaired) electrons. The minimum absolute atomic E-state index is 0.0498. The summed E-state index contributed by atoms with van der Waals surface area (Å²) in [7, 11) is 1.66. The van der Waals surface area contributed by atoms with Gasteiger partial charge < -0.3 is 19.0 Å². The fourth-order valence-corrected chi connectivity index (χ4v) is 3.87. The second-order valence-electron chi connectivity index (χ2n) is 7.43. The van der Waals surface area contributed by atoms with Gasteiger partial charge in [-0.2, -0.15) is 4.98 Å². The average molecular weight is 393 g/mol. The Hall–Kier alpha value is -3.02. The second-order valence-corrected chi connectivity index (χ2v) is 7.43. The van der Waals surface area contributed by atoms with Crippen molar-refractivity contribution in [1.29, 1.82) is 0 Å². The van der Waals surface area contributed by atoms with Crippen molar-refractivity contribution in [2.45, 2.75) is 26.3 Å². The molecular formula is C23H27N3O3. The molecule has 1 aromatic heterocycles. The van der Waals surface area contributed by atoms with Gasteiger partial charge >= 0.3 is 0 Å². The summed E-state index contributed by atoms with van der Waals surface area (Å²) >= 11 is 0. The van der Waals surface area contributed by atoms with Crippen LogP contribution in [0.1, 0.15) is 25.3 Å². The van der Waals surface area contributed by atoms with Gasteiger partial charge in [0.15, 0.2) is 5.58 Å². The van der Waals surface area contributed by atoms with Crippen LogP contribution < -0.4 is 9.64 Å². The third-order valence-corrected chi connectivity index (χ3v) is 5.62. The summed E-state index contributed by atoms with van der Waals surface area (Å²) in [6, 6.07) is 16.4. The van der Waals surface area contributed by atoms with Gasteiger partial charge in [-0.15, -0.1) is 0 Å². The molecule has 1 saturated heterocycles. The number of benzene rings is 2. The van der Waals surface area contributed by atoms with Crippen LogP contribution in [0.5, 0.6) is 5.75 Å². The van der Waals surface area contributed by atoms with Crippen LogP contribution in [0.25, 0.3) is 11.1 Å². The first-order valence-electron chi connectivity index (χ1n) is 10.2. The van der Waals surface area contributed by atoms with Crippen LogP contribution in [0.2, 0.25) is 0 Å². The fourth-order valence-electron chi connectivity index (χ4n) is 3.87. The van der Waals surface area contributed by atoms with Crippen LogP contribution >= 0.6 is 0 Å². The van der Waals surface area contributed by atoms with E-state index in [0.717, 1.165) is 48.3 Å². The number of oxazole rings is 1. The maximum atomic E-state index is 13.1. The molecule has 0 unspecified atom stereocenters. The molecule has 0 saturated carbocycles. The molecule has 6 heteroatoms. The molecule has 4 rings (SSSR count). The number of aromatic nitrogens is 1. The molecule has 0 N–H and O–H groups in total. The number of hydrogen-bond acceptors (Lipinski definition) is 5. The highest BCUT2D eigenvalue weighted by atomic mass is 16.5.